The molecule has 3 aromatic rings. The molecule has 4 rings (SSSR count). The monoisotopic (exact) mass is 441 g/mol. The van der Waals surface area contributed by atoms with Crippen LogP contribution in [0.5, 0.6) is 0 Å². The molecule has 0 bridgehead atoms. The summed E-state index contributed by atoms with van der Waals surface area (Å²) in [6, 6.07) is 16.8. The van der Waals surface area contributed by atoms with Crippen LogP contribution >= 0.6 is 0 Å². The fourth-order valence-corrected chi connectivity index (χ4v) is 4.20. The predicted octanol–water partition coefficient (Wildman–Crippen LogP) is 4.83. The normalized spacial score (nSPS) is 18.3. The van der Waals surface area contributed by atoms with Crippen LogP contribution in [0.4, 0.5) is 13.2 Å². The smallest absolute Gasteiger partial charge is 0.357 e. The maximum Gasteiger partial charge on any atom is 0.357 e. The molecule has 32 heavy (non-hydrogen) atoms. The summed E-state index contributed by atoms with van der Waals surface area (Å²) in [4.78, 5) is 18.0. The predicted molar refractivity (Wildman–Crippen MR) is 112 cm³/mol. The molecule has 0 aliphatic carbocycles. The molecular weight excluding hydrogens is 419 g/mol. The van der Waals surface area contributed by atoms with Gasteiger partial charge < -0.3 is 9.94 Å². The van der Waals surface area contributed by atoms with Gasteiger partial charge in [0, 0.05) is 18.0 Å². The molecular formula is C25H22F3NO3. The number of nitrogens with zero attached hydrogens (tertiary/aromatic N) is 1. The van der Waals surface area contributed by atoms with Crippen molar-refractivity contribution in [2.24, 2.45) is 0 Å². The summed E-state index contributed by atoms with van der Waals surface area (Å²) < 4.78 is 42.7. The quantitative estimate of drug-likeness (QED) is 0.595. The van der Waals surface area contributed by atoms with Crippen LogP contribution in [0.15, 0.2) is 72.8 Å². The van der Waals surface area contributed by atoms with Crippen molar-refractivity contribution in [3.8, 4) is 0 Å². The number of rotatable bonds is 6. The number of halogens is 3. The van der Waals surface area contributed by atoms with E-state index in [0.29, 0.717) is 30.5 Å². The first-order chi connectivity index (χ1) is 15.5. The molecule has 0 radical (unpaired) electrons. The van der Waals surface area contributed by atoms with Gasteiger partial charge in [-0.3, -0.25) is 0 Å². The van der Waals surface area contributed by atoms with Crippen LogP contribution in [0.2, 0.25) is 0 Å². The molecule has 1 heterocycles. The summed E-state index contributed by atoms with van der Waals surface area (Å²) in [6.45, 7) is 0.377. The molecule has 0 spiro atoms. The van der Waals surface area contributed by atoms with E-state index in [1.54, 1.807) is 36.4 Å². The van der Waals surface area contributed by atoms with Crippen molar-refractivity contribution in [1.29, 1.82) is 0 Å². The lowest BCUT2D eigenvalue weighted by molar-refractivity contribution is -0.143. The Kier molecular flexibility index (Phi) is 6.58. The van der Waals surface area contributed by atoms with Crippen molar-refractivity contribution in [2.75, 3.05) is 6.54 Å². The van der Waals surface area contributed by atoms with Gasteiger partial charge in [0.2, 0.25) is 0 Å². The van der Waals surface area contributed by atoms with Gasteiger partial charge in [0.25, 0.3) is 0 Å². The number of carbonyl (C=O) groups is 1. The zero-order chi connectivity index (χ0) is 22.7. The van der Waals surface area contributed by atoms with Gasteiger partial charge in [-0.15, -0.1) is 5.06 Å². The fourth-order valence-electron chi connectivity index (χ4n) is 4.20. The van der Waals surface area contributed by atoms with E-state index in [0.717, 1.165) is 6.07 Å². The highest BCUT2D eigenvalue weighted by atomic mass is 19.2. The van der Waals surface area contributed by atoms with Crippen LogP contribution in [-0.2, 0) is 4.84 Å². The number of hydrogen-bond acceptors (Lipinski definition) is 4. The van der Waals surface area contributed by atoms with Crippen molar-refractivity contribution in [2.45, 2.75) is 30.9 Å². The summed E-state index contributed by atoms with van der Waals surface area (Å²) in [5.41, 5.74) is 0.554. The van der Waals surface area contributed by atoms with Crippen molar-refractivity contribution in [3.63, 3.8) is 0 Å². The van der Waals surface area contributed by atoms with Crippen LogP contribution in [0.1, 0.15) is 40.2 Å². The first kappa shape index (κ1) is 22.0. The van der Waals surface area contributed by atoms with Gasteiger partial charge in [-0.1, -0.05) is 42.5 Å². The Hall–Kier alpha value is -3.16. The van der Waals surface area contributed by atoms with Crippen LogP contribution in [0, 0.1) is 17.5 Å². The summed E-state index contributed by atoms with van der Waals surface area (Å²) in [5.74, 6) is -4.37. The maximum absolute atomic E-state index is 14.7. The lowest BCUT2D eigenvalue weighted by Crippen LogP contribution is -2.43. The third-order valence-corrected chi connectivity index (χ3v) is 5.72. The Bertz CT molecular complexity index is 1090. The molecule has 166 valence electrons. The van der Waals surface area contributed by atoms with E-state index in [1.165, 1.54) is 35.4 Å². The molecule has 0 amide bonds. The standard InChI is InChI=1S/C25H22F3NO3/c26-18-10-4-9-17(15-18)22(19-11-5-12-20(27)23(19)28)24(30)21-13-6-14-29(21)32-25(31)16-7-2-1-3-8-16/h1-5,7-12,15,21-22,24,30H,6,13-14H2/t21-,22+,24-/m1/s1. The number of benzene rings is 3. The molecule has 1 aliphatic heterocycles. The largest absolute Gasteiger partial charge is 0.390 e. The first-order valence-corrected chi connectivity index (χ1v) is 10.4. The fraction of sp³-hybridized carbons (Fsp3) is 0.240. The van der Waals surface area contributed by atoms with Gasteiger partial charge in [0.05, 0.1) is 17.7 Å². The number of hydroxylamine groups is 2. The second kappa shape index (κ2) is 9.54. The average molecular weight is 441 g/mol. The van der Waals surface area contributed by atoms with Gasteiger partial charge in [0.1, 0.15) is 5.82 Å². The Morgan fingerprint density at radius 2 is 1.75 bits per heavy atom. The van der Waals surface area contributed by atoms with Crippen LogP contribution < -0.4 is 0 Å². The van der Waals surface area contributed by atoms with Gasteiger partial charge in [0.15, 0.2) is 11.6 Å². The summed E-state index contributed by atoms with van der Waals surface area (Å²) in [5, 5.41) is 12.7. The highest BCUT2D eigenvalue weighted by molar-refractivity contribution is 5.89. The Morgan fingerprint density at radius 1 is 1.00 bits per heavy atom. The van der Waals surface area contributed by atoms with E-state index in [2.05, 4.69) is 0 Å². The van der Waals surface area contributed by atoms with Gasteiger partial charge in [-0.2, -0.15) is 0 Å². The third-order valence-electron chi connectivity index (χ3n) is 5.72. The summed E-state index contributed by atoms with van der Waals surface area (Å²) >= 11 is 0. The Balaban J connectivity index is 1.66. The van der Waals surface area contributed by atoms with Crippen molar-refractivity contribution >= 4 is 5.97 Å². The molecule has 3 aromatic carbocycles. The molecule has 4 nitrogen and oxygen atoms in total. The van der Waals surface area contributed by atoms with Gasteiger partial charge >= 0.3 is 5.97 Å². The number of aliphatic hydroxyl groups is 1. The zero-order valence-electron chi connectivity index (χ0n) is 17.1. The molecule has 1 saturated heterocycles. The Morgan fingerprint density at radius 3 is 2.50 bits per heavy atom. The average Bonchev–Trinajstić information content (AvgIpc) is 3.25. The minimum Gasteiger partial charge on any atom is -0.390 e. The van der Waals surface area contributed by atoms with Crippen molar-refractivity contribution in [1.82, 2.24) is 5.06 Å². The van der Waals surface area contributed by atoms with Crippen LogP contribution in [-0.4, -0.2) is 34.8 Å². The molecule has 7 heteroatoms. The first-order valence-electron chi connectivity index (χ1n) is 10.4. The number of aliphatic hydroxyl groups excluding tert-OH is 1. The second-order valence-corrected chi connectivity index (χ2v) is 7.76. The number of carbonyl (C=O) groups excluding carboxylic acids is 1. The van der Waals surface area contributed by atoms with Crippen LogP contribution in [0.25, 0.3) is 0 Å². The zero-order valence-corrected chi connectivity index (χ0v) is 17.1. The maximum atomic E-state index is 14.7. The highest BCUT2D eigenvalue weighted by Gasteiger charge is 2.40. The van der Waals surface area contributed by atoms with Crippen molar-refractivity contribution < 1.29 is 27.9 Å². The number of hydrogen-bond donors (Lipinski definition) is 1. The van der Waals surface area contributed by atoms with E-state index >= 15 is 0 Å². The molecule has 1 aliphatic rings. The van der Waals surface area contributed by atoms with E-state index in [9.17, 15) is 23.1 Å². The minimum atomic E-state index is -1.29. The molecule has 1 fully saturated rings. The minimum absolute atomic E-state index is 0.0932. The van der Waals surface area contributed by atoms with Crippen LogP contribution in [0.3, 0.4) is 0 Å². The molecule has 0 saturated carbocycles. The highest BCUT2D eigenvalue weighted by Crippen LogP contribution is 2.36. The summed E-state index contributed by atoms with van der Waals surface area (Å²) in [7, 11) is 0. The third kappa shape index (κ3) is 4.54. The second-order valence-electron chi connectivity index (χ2n) is 7.76. The molecule has 0 aromatic heterocycles. The van der Waals surface area contributed by atoms with Gasteiger partial charge in [-0.05, 0) is 48.7 Å². The molecule has 1 N–H and O–H groups in total. The lowest BCUT2D eigenvalue weighted by Gasteiger charge is -2.33. The molecule has 3 atom stereocenters. The topological polar surface area (TPSA) is 49.8 Å². The van der Waals surface area contributed by atoms with E-state index in [1.807, 2.05) is 0 Å². The van der Waals surface area contributed by atoms with E-state index < -0.39 is 41.5 Å². The van der Waals surface area contributed by atoms with Crippen molar-refractivity contribution in [3.05, 3.63) is 107 Å². The lowest BCUT2D eigenvalue weighted by atomic mass is 9.82. The molecule has 0 unspecified atom stereocenters. The van der Waals surface area contributed by atoms with E-state index in [4.69, 9.17) is 4.84 Å². The van der Waals surface area contributed by atoms with E-state index in [-0.39, 0.29) is 5.56 Å². The Labute approximate surface area is 183 Å². The SMILES string of the molecule is O=C(ON1CCC[C@@H]1[C@@H](O)[C@@H](c1cccc(F)c1)c1cccc(F)c1F)c1ccccc1. The van der Waals surface area contributed by atoms with Gasteiger partial charge in [-0.25, -0.2) is 18.0 Å². The summed E-state index contributed by atoms with van der Waals surface area (Å²) in [6.07, 6.45) is -0.198.